The van der Waals surface area contributed by atoms with Crippen LogP contribution in [0.25, 0.3) is 0 Å². The molecule has 0 spiro atoms. The van der Waals surface area contributed by atoms with E-state index in [9.17, 15) is 32.3 Å². The van der Waals surface area contributed by atoms with Gasteiger partial charge in [0.2, 0.25) is 11.8 Å². The summed E-state index contributed by atoms with van der Waals surface area (Å²) in [6.45, 7) is 0.341. The molecule has 178 valence electrons. The minimum Gasteiger partial charge on any atom is -0.406 e. The summed E-state index contributed by atoms with van der Waals surface area (Å²) >= 11 is 0. The second kappa shape index (κ2) is 9.04. The number of rotatable bonds is 5. The molecule has 1 atom stereocenters. The van der Waals surface area contributed by atoms with E-state index in [1.165, 1.54) is 17.0 Å². The maximum Gasteiger partial charge on any atom is 0.573 e. The number of piperidine rings is 1. The van der Waals surface area contributed by atoms with Gasteiger partial charge in [-0.2, -0.15) is 0 Å². The fourth-order valence-corrected chi connectivity index (χ4v) is 3.84. The number of alkyl halides is 3. The summed E-state index contributed by atoms with van der Waals surface area (Å²) in [4.78, 5) is 49.8. The highest BCUT2D eigenvalue weighted by molar-refractivity contribution is 6.05. The molecule has 1 unspecified atom stereocenters. The van der Waals surface area contributed by atoms with Crippen LogP contribution in [-0.2, 0) is 22.7 Å². The first-order valence-electron chi connectivity index (χ1n) is 10.3. The highest BCUT2D eigenvalue weighted by Crippen LogP contribution is 2.28. The molecule has 0 aromatic heterocycles. The van der Waals surface area contributed by atoms with Crippen LogP contribution in [0.4, 0.5) is 23.7 Å². The molecule has 2 aliphatic rings. The number of carbonyl (C=O) groups is 4. The number of hydrogen-bond acceptors (Lipinski definition) is 5. The Bertz CT molecular complexity index is 1150. The van der Waals surface area contributed by atoms with E-state index in [0.29, 0.717) is 16.7 Å². The lowest BCUT2D eigenvalue weighted by Crippen LogP contribution is -2.52. The molecule has 0 saturated carbocycles. The van der Waals surface area contributed by atoms with Crippen molar-refractivity contribution in [2.45, 2.75) is 38.3 Å². The van der Waals surface area contributed by atoms with Gasteiger partial charge in [-0.3, -0.25) is 19.7 Å². The Hall–Kier alpha value is -4.09. The third kappa shape index (κ3) is 5.27. The largest absolute Gasteiger partial charge is 0.573 e. The molecule has 2 aromatic rings. The van der Waals surface area contributed by atoms with Gasteiger partial charge in [-0.1, -0.05) is 12.1 Å². The third-order valence-electron chi connectivity index (χ3n) is 5.39. The molecule has 5 amide bonds. The molecular formula is C22H19F3N4O5. The van der Waals surface area contributed by atoms with E-state index >= 15 is 0 Å². The molecule has 0 aliphatic carbocycles. The SMILES string of the molecule is O=C1CCC(N2Cc3cc(CNC(=O)Nc4ccc(OC(F)(F)F)cc4)ccc3C2=O)C(=O)N1. The number of carbonyl (C=O) groups excluding carboxylic acids is 4. The van der Waals surface area contributed by atoms with Crippen molar-refractivity contribution < 1.29 is 37.1 Å². The van der Waals surface area contributed by atoms with E-state index in [0.717, 1.165) is 12.1 Å². The number of imide groups is 1. The van der Waals surface area contributed by atoms with Gasteiger partial charge in [0.15, 0.2) is 0 Å². The number of hydrogen-bond donors (Lipinski definition) is 3. The molecule has 2 aromatic carbocycles. The van der Waals surface area contributed by atoms with Crippen molar-refractivity contribution in [3.05, 3.63) is 59.2 Å². The van der Waals surface area contributed by atoms with Gasteiger partial charge < -0.3 is 20.3 Å². The summed E-state index contributed by atoms with van der Waals surface area (Å²) in [5, 5.41) is 7.37. The minimum absolute atomic E-state index is 0.126. The maximum atomic E-state index is 12.7. The van der Waals surface area contributed by atoms with Crippen molar-refractivity contribution in [1.29, 1.82) is 0 Å². The number of ether oxygens (including phenoxy) is 1. The zero-order valence-corrected chi connectivity index (χ0v) is 17.6. The predicted octanol–water partition coefficient (Wildman–Crippen LogP) is 2.67. The van der Waals surface area contributed by atoms with E-state index in [1.54, 1.807) is 18.2 Å². The van der Waals surface area contributed by atoms with E-state index in [1.807, 2.05) is 0 Å². The molecule has 2 aliphatic heterocycles. The van der Waals surface area contributed by atoms with Crippen LogP contribution in [0.5, 0.6) is 5.75 Å². The Labute approximate surface area is 191 Å². The number of fused-ring (bicyclic) bond motifs is 1. The topological polar surface area (TPSA) is 117 Å². The fraction of sp³-hybridized carbons (Fsp3) is 0.273. The molecule has 9 nitrogen and oxygen atoms in total. The highest BCUT2D eigenvalue weighted by atomic mass is 19.4. The lowest BCUT2D eigenvalue weighted by Gasteiger charge is -2.29. The van der Waals surface area contributed by atoms with Gasteiger partial charge in [0.05, 0.1) is 0 Å². The first-order chi connectivity index (χ1) is 16.1. The molecule has 12 heteroatoms. The second-order valence-electron chi connectivity index (χ2n) is 7.77. The summed E-state index contributed by atoms with van der Waals surface area (Å²) in [5.41, 5.74) is 2.14. The van der Waals surface area contributed by atoms with Crippen molar-refractivity contribution in [1.82, 2.24) is 15.5 Å². The summed E-state index contributed by atoms with van der Waals surface area (Å²) in [6, 6.07) is 8.46. The number of benzene rings is 2. The van der Waals surface area contributed by atoms with E-state index in [-0.39, 0.29) is 43.4 Å². The van der Waals surface area contributed by atoms with Crippen LogP contribution in [0.15, 0.2) is 42.5 Å². The molecule has 0 radical (unpaired) electrons. The first-order valence-corrected chi connectivity index (χ1v) is 10.3. The zero-order valence-electron chi connectivity index (χ0n) is 17.6. The Kier molecular flexibility index (Phi) is 6.14. The lowest BCUT2D eigenvalue weighted by atomic mass is 10.0. The molecule has 1 saturated heterocycles. The van der Waals surface area contributed by atoms with Gasteiger partial charge in [-0.05, 0) is 47.9 Å². The van der Waals surface area contributed by atoms with Crippen LogP contribution in [0.3, 0.4) is 0 Å². The quantitative estimate of drug-likeness (QED) is 0.574. The average molecular weight is 476 g/mol. The number of halogens is 3. The van der Waals surface area contributed by atoms with Crippen LogP contribution in [0.2, 0.25) is 0 Å². The standard InChI is InChI=1S/C22H19F3N4O5/c23-22(24,25)34-15-4-2-14(3-5-15)27-21(33)26-10-12-1-6-16-13(9-12)11-29(20(16)32)17-7-8-18(30)28-19(17)31/h1-6,9,17H,7-8,10-11H2,(H2,26,27,33)(H,28,30,31). The monoisotopic (exact) mass is 476 g/mol. The first kappa shape index (κ1) is 23.1. The van der Waals surface area contributed by atoms with Crippen molar-refractivity contribution in [2.24, 2.45) is 0 Å². The number of amides is 5. The fourth-order valence-electron chi connectivity index (χ4n) is 3.84. The zero-order chi connectivity index (χ0) is 24.5. The molecule has 4 rings (SSSR count). The smallest absolute Gasteiger partial charge is 0.406 e. The Morgan fingerprint density at radius 2 is 1.85 bits per heavy atom. The number of urea groups is 1. The summed E-state index contributed by atoms with van der Waals surface area (Å²) < 4.78 is 40.4. The van der Waals surface area contributed by atoms with Crippen molar-refractivity contribution in [3.8, 4) is 5.75 Å². The Morgan fingerprint density at radius 1 is 1.12 bits per heavy atom. The van der Waals surface area contributed by atoms with Crippen LogP contribution in [-0.4, -0.2) is 41.1 Å². The molecule has 34 heavy (non-hydrogen) atoms. The van der Waals surface area contributed by atoms with Gasteiger partial charge in [-0.25, -0.2) is 4.79 Å². The van der Waals surface area contributed by atoms with E-state index in [2.05, 4.69) is 20.7 Å². The average Bonchev–Trinajstić information content (AvgIpc) is 3.08. The minimum atomic E-state index is -4.80. The van der Waals surface area contributed by atoms with Crippen LogP contribution in [0, 0.1) is 0 Å². The van der Waals surface area contributed by atoms with Gasteiger partial charge in [0.25, 0.3) is 5.91 Å². The van der Waals surface area contributed by atoms with Gasteiger partial charge in [0, 0.05) is 30.8 Å². The third-order valence-corrected chi connectivity index (χ3v) is 5.39. The number of anilines is 1. The van der Waals surface area contributed by atoms with Gasteiger partial charge in [0.1, 0.15) is 11.8 Å². The van der Waals surface area contributed by atoms with Crippen molar-refractivity contribution in [2.75, 3.05) is 5.32 Å². The summed E-state index contributed by atoms with van der Waals surface area (Å²) in [6.07, 6.45) is -4.37. The Balaban J connectivity index is 1.32. The normalized spacial score (nSPS) is 17.8. The number of nitrogens with zero attached hydrogens (tertiary/aromatic N) is 1. The van der Waals surface area contributed by atoms with Crippen LogP contribution >= 0.6 is 0 Å². The summed E-state index contributed by atoms with van der Waals surface area (Å²) in [7, 11) is 0. The molecular weight excluding hydrogens is 457 g/mol. The highest BCUT2D eigenvalue weighted by Gasteiger charge is 2.39. The molecule has 0 bridgehead atoms. The van der Waals surface area contributed by atoms with E-state index in [4.69, 9.17) is 0 Å². The molecule has 1 fully saturated rings. The van der Waals surface area contributed by atoms with Crippen LogP contribution in [0.1, 0.15) is 34.3 Å². The van der Waals surface area contributed by atoms with Crippen molar-refractivity contribution in [3.63, 3.8) is 0 Å². The molecule has 3 N–H and O–H groups in total. The van der Waals surface area contributed by atoms with E-state index < -0.39 is 30.1 Å². The van der Waals surface area contributed by atoms with Gasteiger partial charge >= 0.3 is 12.4 Å². The molecule has 2 heterocycles. The number of nitrogens with one attached hydrogen (secondary N) is 3. The van der Waals surface area contributed by atoms with Gasteiger partial charge in [-0.15, -0.1) is 13.2 Å². The predicted molar refractivity (Wildman–Crippen MR) is 111 cm³/mol. The lowest BCUT2D eigenvalue weighted by molar-refractivity contribution is -0.274. The summed E-state index contributed by atoms with van der Waals surface area (Å²) in [5.74, 6) is -1.55. The van der Waals surface area contributed by atoms with Crippen molar-refractivity contribution >= 4 is 29.4 Å². The maximum absolute atomic E-state index is 12.7. The second-order valence-corrected chi connectivity index (χ2v) is 7.77. The Morgan fingerprint density at radius 3 is 2.53 bits per heavy atom. The van der Waals surface area contributed by atoms with Crippen LogP contribution < -0.4 is 20.7 Å².